The van der Waals surface area contributed by atoms with Crippen molar-refractivity contribution in [2.24, 2.45) is 0 Å². The lowest BCUT2D eigenvalue weighted by molar-refractivity contribution is -0.128. The van der Waals surface area contributed by atoms with Gasteiger partial charge in [-0.15, -0.1) is 0 Å². The number of nitrogens with one attached hydrogen (secondary N) is 1. The number of ether oxygens (including phenoxy) is 2. The monoisotopic (exact) mass is 528 g/mol. The van der Waals surface area contributed by atoms with Crippen LogP contribution in [0.25, 0.3) is 0 Å². The van der Waals surface area contributed by atoms with Crippen molar-refractivity contribution in [3.63, 3.8) is 0 Å². The zero-order valence-electron chi connectivity index (χ0n) is 22.1. The molecular formula is C30H32N4O5. The number of aromatic nitrogens is 1. The van der Waals surface area contributed by atoms with Crippen molar-refractivity contribution < 1.29 is 23.9 Å². The number of carbonyl (C=O) groups is 3. The van der Waals surface area contributed by atoms with Gasteiger partial charge in [-0.05, 0) is 55.5 Å². The molecule has 2 aromatic carbocycles. The van der Waals surface area contributed by atoms with Crippen LogP contribution in [-0.4, -0.2) is 71.1 Å². The maximum atomic E-state index is 13.9. The van der Waals surface area contributed by atoms with Crippen molar-refractivity contribution in [1.29, 1.82) is 0 Å². The second kappa shape index (κ2) is 11.2. The van der Waals surface area contributed by atoms with Gasteiger partial charge in [-0.25, -0.2) is 0 Å². The minimum absolute atomic E-state index is 0.0814. The van der Waals surface area contributed by atoms with Crippen LogP contribution in [0.4, 0.5) is 0 Å². The molecule has 0 radical (unpaired) electrons. The largest absolute Gasteiger partial charge is 0.497 e. The van der Waals surface area contributed by atoms with Gasteiger partial charge in [0.25, 0.3) is 11.8 Å². The highest BCUT2D eigenvalue weighted by Crippen LogP contribution is 2.39. The molecule has 9 nitrogen and oxygen atoms in total. The summed E-state index contributed by atoms with van der Waals surface area (Å²) in [7, 11) is 1.58. The predicted molar refractivity (Wildman–Crippen MR) is 144 cm³/mol. The molecule has 202 valence electrons. The van der Waals surface area contributed by atoms with Crippen LogP contribution in [0.5, 0.6) is 5.75 Å². The average molecular weight is 529 g/mol. The van der Waals surface area contributed by atoms with Gasteiger partial charge in [0.05, 0.1) is 26.0 Å². The smallest absolute Gasteiger partial charge is 0.256 e. The van der Waals surface area contributed by atoms with E-state index in [-0.39, 0.29) is 30.9 Å². The van der Waals surface area contributed by atoms with Crippen LogP contribution in [0.3, 0.4) is 0 Å². The molecule has 9 heteroatoms. The first-order valence-electron chi connectivity index (χ1n) is 13.1. The number of hydrogen-bond acceptors (Lipinski definition) is 6. The average Bonchev–Trinajstić information content (AvgIpc) is 3.34. The first kappa shape index (κ1) is 26.4. The summed E-state index contributed by atoms with van der Waals surface area (Å²) in [6.45, 7) is 3.04. The van der Waals surface area contributed by atoms with Crippen molar-refractivity contribution in [3.8, 4) is 5.75 Å². The zero-order chi connectivity index (χ0) is 27.4. The molecule has 0 bridgehead atoms. The number of rotatable bonds is 6. The molecule has 3 amide bonds. The first-order chi connectivity index (χ1) is 18.9. The second-order valence-corrected chi connectivity index (χ2v) is 9.88. The molecule has 2 fully saturated rings. The summed E-state index contributed by atoms with van der Waals surface area (Å²) in [6, 6.07) is 19.0. The Kier molecular flexibility index (Phi) is 7.60. The molecule has 2 saturated heterocycles. The van der Waals surface area contributed by atoms with Crippen LogP contribution in [0, 0.1) is 6.92 Å². The van der Waals surface area contributed by atoms with Gasteiger partial charge in [-0.3, -0.25) is 24.3 Å². The lowest BCUT2D eigenvalue weighted by atomic mass is 9.95. The van der Waals surface area contributed by atoms with E-state index in [2.05, 4.69) is 10.3 Å². The van der Waals surface area contributed by atoms with Gasteiger partial charge in [0, 0.05) is 43.3 Å². The SMILES string of the molecule is COc1ccc(C(=O)N2CCC3(CC2)OC[C@H](C(=O)NCc2ccccn2)N3C(=O)c2cccc(C)c2)cc1. The van der Waals surface area contributed by atoms with Crippen molar-refractivity contribution in [2.45, 2.75) is 38.1 Å². The standard InChI is InChI=1S/C30H32N4O5/c1-21-6-5-7-23(18-21)29(37)34-26(27(35)32-19-24-8-3-4-15-31-24)20-39-30(34)13-16-33(17-14-30)28(36)22-9-11-25(38-2)12-10-22/h3-12,15,18,26H,13-14,16-17,19-20H2,1-2H3,(H,32,35)/t26-/m1/s1. The van der Waals surface area contributed by atoms with Crippen LogP contribution in [0.15, 0.2) is 72.9 Å². The van der Waals surface area contributed by atoms with E-state index in [0.717, 1.165) is 11.3 Å². The van der Waals surface area contributed by atoms with E-state index in [4.69, 9.17) is 9.47 Å². The highest BCUT2D eigenvalue weighted by Gasteiger charge is 2.54. The second-order valence-electron chi connectivity index (χ2n) is 9.88. The minimum atomic E-state index is -0.982. The van der Waals surface area contributed by atoms with Gasteiger partial charge in [0.2, 0.25) is 5.91 Å². The third-order valence-corrected chi connectivity index (χ3v) is 7.39. The number of amides is 3. The Balaban J connectivity index is 1.35. The number of hydrogen-bond donors (Lipinski definition) is 1. The van der Waals surface area contributed by atoms with Crippen LogP contribution >= 0.6 is 0 Å². The molecule has 2 aliphatic rings. The lowest BCUT2D eigenvalue weighted by Gasteiger charge is -2.44. The molecule has 1 atom stereocenters. The van der Waals surface area contributed by atoms with Gasteiger partial charge in [-0.1, -0.05) is 23.8 Å². The van der Waals surface area contributed by atoms with Gasteiger partial charge in [0.15, 0.2) is 0 Å². The number of methoxy groups -OCH3 is 1. The van der Waals surface area contributed by atoms with Crippen LogP contribution in [-0.2, 0) is 16.1 Å². The fourth-order valence-corrected chi connectivity index (χ4v) is 5.26. The van der Waals surface area contributed by atoms with Crippen molar-refractivity contribution >= 4 is 17.7 Å². The molecule has 0 unspecified atom stereocenters. The molecule has 1 spiro atoms. The molecule has 39 heavy (non-hydrogen) atoms. The fourth-order valence-electron chi connectivity index (χ4n) is 5.26. The summed E-state index contributed by atoms with van der Waals surface area (Å²) in [5, 5.41) is 2.92. The molecular weight excluding hydrogens is 496 g/mol. The number of carbonyl (C=O) groups excluding carboxylic acids is 3. The van der Waals surface area contributed by atoms with Crippen LogP contribution in [0.1, 0.15) is 44.8 Å². The molecule has 0 aliphatic carbocycles. The van der Waals surface area contributed by atoms with E-state index in [1.54, 1.807) is 53.4 Å². The lowest BCUT2D eigenvalue weighted by Crippen LogP contribution is -2.59. The fraction of sp³-hybridized carbons (Fsp3) is 0.333. The molecule has 1 aromatic heterocycles. The molecule has 0 saturated carbocycles. The first-order valence-corrected chi connectivity index (χ1v) is 13.1. The Hall–Kier alpha value is -4.24. The van der Waals surface area contributed by atoms with E-state index in [0.29, 0.717) is 42.8 Å². The molecule has 3 heterocycles. The highest BCUT2D eigenvalue weighted by atomic mass is 16.5. The molecule has 2 aliphatic heterocycles. The van der Waals surface area contributed by atoms with Crippen molar-refractivity contribution in [2.75, 3.05) is 26.8 Å². The number of benzene rings is 2. The molecule has 5 rings (SSSR count). The van der Waals surface area contributed by atoms with Crippen molar-refractivity contribution in [3.05, 3.63) is 95.3 Å². The Bertz CT molecular complexity index is 1340. The van der Waals surface area contributed by atoms with Gasteiger partial charge in [-0.2, -0.15) is 0 Å². The topological polar surface area (TPSA) is 101 Å². The quantitative estimate of drug-likeness (QED) is 0.528. The molecule has 1 N–H and O–H groups in total. The highest BCUT2D eigenvalue weighted by molar-refractivity contribution is 5.99. The number of likely N-dealkylation sites (tertiary alicyclic amines) is 1. The van der Waals surface area contributed by atoms with Gasteiger partial charge in [0.1, 0.15) is 17.5 Å². The summed E-state index contributed by atoms with van der Waals surface area (Å²) in [4.78, 5) is 48.1. The third-order valence-electron chi connectivity index (χ3n) is 7.39. The number of nitrogens with zero attached hydrogens (tertiary/aromatic N) is 3. The summed E-state index contributed by atoms with van der Waals surface area (Å²) >= 11 is 0. The van der Waals surface area contributed by atoms with E-state index in [1.165, 1.54) is 0 Å². The van der Waals surface area contributed by atoms with E-state index in [1.807, 2.05) is 43.3 Å². The summed E-state index contributed by atoms with van der Waals surface area (Å²) in [5.74, 6) is 0.0345. The van der Waals surface area contributed by atoms with Crippen LogP contribution in [0.2, 0.25) is 0 Å². The number of piperidine rings is 1. The summed E-state index contributed by atoms with van der Waals surface area (Å²) in [6.07, 6.45) is 2.47. The predicted octanol–water partition coefficient (Wildman–Crippen LogP) is 3.19. The van der Waals surface area contributed by atoms with E-state index >= 15 is 0 Å². The summed E-state index contributed by atoms with van der Waals surface area (Å²) < 4.78 is 11.5. The Morgan fingerprint density at radius 1 is 1.00 bits per heavy atom. The maximum Gasteiger partial charge on any atom is 0.256 e. The normalized spacial score (nSPS) is 18.2. The van der Waals surface area contributed by atoms with E-state index in [9.17, 15) is 14.4 Å². The summed E-state index contributed by atoms with van der Waals surface area (Å²) in [5.41, 5.74) is 1.76. The Morgan fingerprint density at radius 3 is 2.44 bits per heavy atom. The van der Waals surface area contributed by atoms with Crippen molar-refractivity contribution in [1.82, 2.24) is 20.1 Å². The van der Waals surface area contributed by atoms with E-state index < -0.39 is 11.8 Å². The third kappa shape index (κ3) is 5.49. The minimum Gasteiger partial charge on any atom is -0.497 e. The maximum absolute atomic E-state index is 13.9. The Morgan fingerprint density at radius 2 is 1.77 bits per heavy atom. The zero-order valence-corrected chi connectivity index (χ0v) is 22.1. The molecule has 3 aromatic rings. The number of pyridine rings is 1. The number of aryl methyl sites for hydroxylation is 1. The van der Waals surface area contributed by atoms with Gasteiger partial charge >= 0.3 is 0 Å². The van der Waals surface area contributed by atoms with Gasteiger partial charge < -0.3 is 19.7 Å². The van der Waals surface area contributed by atoms with Crippen LogP contribution < -0.4 is 10.1 Å². The Labute approximate surface area is 227 Å².